The largest absolute Gasteiger partial charge is 0.380 e. The Morgan fingerprint density at radius 1 is 1.50 bits per heavy atom. The van der Waals surface area contributed by atoms with Gasteiger partial charge in [0.05, 0.1) is 12.1 Å². The SMILES string of the molecule is C=C(CC)C(C(C)OC)N(C)C. The molecule has 0 rings (SSSR count). The van der Waals surface area contributed by atoms with Crippen LogP contribution in [0.4, 0.5) is 0 Å². The van der Waals surface area contributed by atoms with E-state index in [4.69, 9.17) is 4.74 Å². The summed E-state index contributed by atoms with van der Waals surface area (Å²) >= 11 is 0. The molecule has 0 bridgehead atoms. The molecule has 2 nitrogen and oxygen atoms in total. The van der Waals surface area contributed by atoms with E-state index >= 15 is 0 Å². The van der Waals surface area contributed by atoms with E-state index in [1.54, 1.807) is 7.11 Å². The molecule has 0 saturated heterocycles. The Labute approximate surface area is 76.2 Å². The minimum atomic E-state index is 0.215. The molecule has 0 amide bonds. The fourth-order valence-corrected chi connectivity index (χ4v) is 1.45. The third-order valence-electron chi connectivity index (χ3n) is 2.25. The molecule has 12 heavy (non-hydrogen) atoms. The van der Waals surface area contributed by atoms with Crippen LogP contribution < -0.4 is 0 Å². The number of rotatable bonds is 5. The van der Waals surface area contributed by atoms with Crippen LogP contribution in [0.3, 0.4) is 0 Å². The van der Waals surface area contributed by atoms with Gasteiger partial charge < -0.3 is 9.64 Å². The normalized spacial score (nSPS) is 16.2. The molecule has 0 aromatic carbocycles. The average Bonchev–Trinajstić information content (AvgIpc) is 2.03. The predicted molar refractivity (Wildman–Crippen MR) is 53.4 cm³/mol. The van der Waals surface area contributed by atoms with Gasteiger partial charge in [-0.25, -0.2) is 0 Å². The van der Waals surface area contributed by atoms with Crippen molar-refractivity contribution in [1.82, 2.24) is 4.90 Å². The first-order chi connectivity index (χ1) is 5.54. The number of nitrogens with zero attached hydrogens (tertiary/aromatic N) is 1. The van der Waals surface area contributed by atoms with Gasteiger partial charge in [-0.05, 0) is 27.4 Å². The maximum atomic E-state index is 5.29. The first kappa shape index (κ1) is 11.7. The van der Waals surface area contributed by atoms with Gasteiger partial charge in [-0.1, -0.05) is 19.1 Å². The smallest absolute Gasteiger partial charge is 0.0736 e. The summed E-state index contributed by atoms with van der Waals surface area (Å²) in [5.74, 6) is 0. The Balaban J connectivity index is 4.32. The predicted octanol–water partition coefficient (Wildman–Crippen LogP) is 1.92. The zero-order chi connectivity index (χ0) is 9.72. The highest BCUT2D eigenvalue weighted by Crippen LogP contribution is 2.15. The van der Waals surface area contributed by atoms with Crippen LogP contribution in [0.25, 0.3) is 0 Å². The third kappa shape index (κ3) is 2.95. The summed E-state index contributed by atoms with van der Waals surface area (Å²) in [7, 11) is 5.85. The second-order valence-corrected chi connectivity index (χ2v) is 3.36. The minimum Gasteiger partial charge on any atom is -0.380 e. The number of ether oxygens (including phenoxy) is 1. The summed E-state index contributed by atoms with van der Waals surface area (Å²) in [6.07, 6.45) is 1.23. The molecular formula is C10H21NO. The molecule has 2 heteroatoms. The van der Waals surface area contributed by atoms with Crippen LogP contribution in [-0.2, 0) is 4.74 Å². The van der Waals surface area contributed by atoms with Crippen LogP contribution in [0, 0.1) is 0 Å². The lowest BCUT2D eigenvalue weighted by molar-refractivity contribution is 0.0593. The molecular weight excluding hydrogens is 150 g/mol. The molecule has 0 fully saturated rings. The van der Waals surface area contributed by atoms with E-state index < -0.39 is 0 Å². The van der Waals surface area contributed by atoms with Crippen molar-refractivity contribution >= 4 is 0 Å². The van der Waals surface area contributed by atoms with Gasteiger partial charge in [0.1, 0.15) is 0 Å². The molecule has 0 aromatic rings. The number of methoxy groups -OCH3 is 1. The topological polar surface area (TPSA) is 12.5 Å². The van der Waals surface area contributed by atoms with Crippen LogP contribution in [-0.4, -0.2) is 38.3 Å². The molecule has 0 aliphatic rings. The highest BCUT2D eigenvalue weighted by atomic mass is 16.5. The van der Waals surface area contributed by atoms with Crippen molar-refractivity contribution in [3.63, 3.8) is 0 Å². The Bertz CT molecular complexity index is 143. The highest BCUT2D eigenvalue weighted by molar-refractivity contribution is 5.07. The van der Waals surface area contributed by atoms with Crippen LogP contribution in [0.2, 0.25) is 0 Å². The summed E-state index contributed by atoms with van der Waals surface area (Å²) < 4.78 is 5.29. The van der Waals surface area contributed by atoms with Gasteiger partial charge in [-0.15, -0.1) is 0 Å². The Morgan fingerprint density at radius 3 is 2.25 bits per heavy atom. The van der Waals surface area contributed by atoms with Crippen molar-refractivity contribution in [2.24, 2.45) is 0 Å². The van der Waals surface area contributed by atoms with E-state index in [9.17, 15) is 0 Å². The lowest BCUT2D eigenvalue weighted by Crippen LogP contribution is -2.39. The second kappa shape index (κ2) is 5.33. The molecule has 0 N–H and O–H groups in total. The first-order valence-corrected chi connectivity index (χ1v) is 4.41. The van der Waals surface area contributed by atoms with E-state index in [1.165, 1.54) is 5.57 Å². The molecule has 0 saturated carbocycles. The van der Waals surface area contributed by atoms with Gasteiger partial charge >= 0.3 is 0 Å². The molecule has 2 unspecified atom stereocenters. The number of likely N-dealkylation sites (N-methyl/N-ethyl adjacent to an activating group) is 1. The van der Waals surface area contributed by atoms with Crippen molar-refractivity contribution in [1.29, 1.82) is 0 Å². The van der Waals surface area contributed by atoms with Gasteiger partial charge in [0.25, 0.3) is 0 Å². The van der Waals surface area contributed by atoms with Crippen LogP contribution in [0.1, 0.15) is 20.3 Å². The zero-order valence-corrected chi connectivity index (χ0v) is 8.92. The molecule has 0 aliphatic heterocycles. The quantitative estimate of drug-likeness (QED) is 0.586. The summed E-state index contributed by atoms with van der Waals surface area (Å²) in [5, 5.41) is 0. The molecule has 0 spiro atoms. The molecule has 0 heterocycles. The minimum absolute atomic E-state index is 0.215. The lowest BCUT2D eigenvalue weighted by atomic mass is 10.0. The lowest BCUT2D eigenvalue weighted by Gasteiger charge is -2.30. The Morgan fingerprint density at radius 2 is 2.00 bits per heavy atom. The van der Waals surface area contributed by atoms with Crippen molar-refractivity contribution in [3.8, 4) is 0 Å². The summed E-state index contributed by atoms with van der Waals surface area (Å²) in [6.45, 7) is 8.24. The second-order valence-electron chi connectivity index (χ2n) is 3.36. The molecule has 72 valence electrons. The van der Waals surface area contributed by atoms with E-state index in [1.807, 2.05) is 0 Å². The van der Waals surface area contributed by atoms with Gasteiger partial charge in [-0.3, -0.25) is 0 Å². The highest BCUT2D eigenvalue weighted by Gasteiger charge is 2.20. The fraction of sp³-hybridized carbons (Fsp3) is 0.800. The van der Waals surface area contributed by atoms with Crippen LogP contribution in [0.5, 0.6) is 0 Å². The third-order valence-corrected chi connectivity index (χ3v) is 2.25. The van der Waals surface area contributed by atoms with Gasteiger partial charge in [0.15, 0.2) is 0 Å². The van der Waals surface area contributed by atoms with Crippen molar-refractivity contribution in [2.75, 3.05) is 21.2 Å². The van der Waals surface area contributed by atoms with Crippen molar-refractivity contribution < 1.29 is 4.74 Å². The van der Waals surface area contributed by atoms with Crippen molar-refractivity contribution in [3.05, 3.63) is 12.2 Å². The summed E-state index contributed by atoms with van der Waals surface area (Å²) in [4.78, 5) is 2.15. The molecule has 0 aromatic heterocycles. The Kier molecular flexibility index (Phi) is 5.18. The first-order valence-electron chi connectivity index (χ1n) is 4.41. The van der Waals surface area contributed by atoms with E-state index in [2.05, 4.69) is 39.4 Å². The molecule has 2 atom stereocenters. The maximum absolute atomic E-state index is 5.29. The Hall–Kier alpha value is -0.340. The number of hydrogen-bond acceptors (Lipinski definition) is 2. The zero-order valence-electron chi connectivity index (χ0n) is 8.92. The summed E-state index contributed by atoms with van der Waals surface area (Å²) in [6, 6.07) is 0.333. The monoisotopic (exact) mass is 171 g/mol. The van der Waals surface area contributed by atoms with E-state index in [0.717, 1.165) is 6.42 Å². The molecule has 0 radical (unpaired) electrons. The fourth-order valence-electron chi connectivity index (χ4n) is 1.45. The van der Waals surface area contributed by atoms with Crippen LogP contribution >= 0.6 is 0 Å². The van der Waals surface area contributed by atoms with Gasteiger partial charge in [0, 0.05) is 7.11 Å². The van der Waals surface area contributed by atoms with E-state index in [-0.39, 0.29) is 6.10 Å². The standard InChI is InChI=1S/C10H21NO/c1-7-8(2)10(11(4)5)9(3)12-6/h9-10H,2,7H2,1,3-6H3. The summed E-state index contributed by atoms with van der Waals surface area (Å²) in [5.41, 5.74) is 1.23. The molecule has 0 aliphatic carbocycles. The number of hydrogen-bond donors (Lipinski definition) is 0. The maximum Gasteiger partial charge on any atom is 0.0736 e. The van der Waals surface area contributed by atoms with Crippen molar-refractivity contribution in [2.45, 2.75) is 32.4 Å². The average molecular weight is 171 g/mol. The van der Waals surface area contributed by atoms with Gasteiger partial charge in [0.2, 0.25) is 0 Å². The van der Waals surface area contributed by atoms with E-state index in [0.29, 0.717) is 6.04 Å². The van der Waals surface area contributed by atoms with Gasteiger partial charge in [-0.2, -0.15) is 0 Å². The van der Waals surface area contributed by atoms with Crippen LogP contribution in [0.15, 0.2) is 12.2 Å².